The molecule has 7 heteroatoms. The zero-order valence-corrected chi connectivity index (χ0v) is 9.92. The third kappa shape index (κ3) is 4.76. The minimum Gasteiger partial charge on any atom is -0.478 e. The molecule has 0 aliphatic heterocycles. The van der Waals surface area contributed by atoms with Crippen molar-refractivity contribution in [1.82, 2.24) is 5.32 Å². The van der Waals surface area contributed by atoms with E-state index in [-0.39, 0.29) is 5.02 Å². The first-order valence-corrected chi connectivity index (χ1v) is 5.16. The van der Waals surface area contributed by atoms with E-state index in [9.17, 15) is 9.59 Å². The summed E-state index contributed by atoms with van der Waals surface area (Å²) in [5.74, 6) is -1.16. The average molecular weight is 275 g/mol. The van der Waals surface area contributed by atoms with Crippen molar-refractivity contribution >= 4 is 40.9 Å². The van der Waals surface area contributed by atoms with E-state index in [0.717, 1.165) is 12.3 Å². The molecular formula is C10H8Cl2N2O3. The van der Waals surface area contributed by atoms with Crippen LogP contribution >= 0.6 is 23.2 Å². The molecule has 1 rings (SSSR count). The van der Waals surface area contributed by atoms with Crippen molar-refractivity contribution in [3.63, 3.8) is 0 Å². The van der Waals surface area contributed by atoms with Gasteiger partial charge in [-0.2, -0.15) is 0 Å². The number of benzene rings is 1. The Hall–Kier alpha value is -1.72. The molecule has 17 heavy (non-hydrogen) atoms. The lowest BCUT2D eigenvalue weighted by molar-refractivity contribution is -0.131. The molecule has 90 valence electrons. The van der Waals surface area contributed by atoms with E-state index in [0.29, 0.717) is 10.7 Å². The molecule has 0 unspecified atom stereocenters. The summed E-state index contributed by atoms with van der Waals surface area (Å²) in [6.45, 7) is 0. The molecule has 3 N–H and O–H groups in total. The molecule has 0 heterocycles. The summed E-state index contributed by atoms with van der Waals surface area (Å²) in [4.78, 5) is 21.4. The largest absolute Gasteiger partial charge is 0.478 e. The van der Waals surface area contributed by atoms with E-state index < -0.39 is 12.0 Å². The van der Waals surface area contributed by atoms with E-state index >= 15 is 0 Å². The maximum atomic E-state index is 11.3. The number of carbonyl (C=O) groups excluding carboxylic acids is 1. The van der Waals surface area contributed by atoms with Crippen molar-refractivity contribution < 1.29 is 14.7 Å². The lowest BCUT2D eigenvalue weighted by atomic mass is 10.3. The molecule has 0 atom stereocenters. The summed E-state index contributed by atoms with van der Waals surface area (Å²) in [7, 11) is 0. The Morgan fingerprint density at radius 3 is 2.59 bits per heavy atom. The van der Waals surface area contributed by atoms with E-state index in [1.54, 1.807) is 6.07 Å². The molecule has 0 bridgehead atoms. The lowest BCUT2D eigenvalue weighted by Crippen LogP contribution is -2.24. The van der Waals surface area contributed by atoms with Gasteiger partial charge < -0.3 is 15.7 Å². The summed E-state index contributed by atoms with van der Waals surface area (Å²) < 4.78 is 0. The van der Waals surface area contributed by atoms with Crippen LogP contribution in [0.4, 0.5) is 10.5 Å². The Balaban J connectivity index is 2.59. The van der Waals surface area contributed by atoms with Gasteiger partial charge in [-0.1, -0.05) is 23.2 Å². The average Bonchev–Trinajstić information content (AvgIpc) is 2.21. The minimum atomic E-state index is -1.16. The number of halogens is 2. The highest BCUT2D eigenvalue weighted by Crippen LogP contribution is 2.25. The third-order valence-electron chi connectivity index (χ3n) is 1.62. The molecule has 0 radical (unpaired) electrons. The van der Waals surface area contributed by atoms with Crippen LogP contribution in [0.15, 0.2) is 30.5 Å². The van der Waals surface area contributed by atoms with Crippen molar-refractivity contribution in [3.05, 3.63) is 40.5 Å². The summed E-state index contributed by atoms with van der Waals surface area (Å²) in [5, 5.41) is 13.7. The molecular weight excluding hydrogens is 267 g/mol. The Kier molecular flexibility index (Phi) is 4.81. The summed E-state index contributed by atoms with van der Waals surface area (Å²) in [5.41, 5.74) is 0.372. The number of amides is 2. The molecule has 0 saturated carbocycles. The Morgan fingerprint density at radius 1 is 1.29 bits per heavy atom. The maximum Gasteiger partial charge on any atom is 0.329 e. The van der Waals surface area contributed by atoms with Crippen LogP contribution in [0.3, 0.4) is 0 Å². The summed E-state index contributed by atoms with van der Waals surface area (Å²) in [6.07, 6.45) is 1.80. The fourth-order valence-corrected chi connectivity index (χ4v) is 1.39. The van der Waals surface area contributed by atoms with Gasteiger partial charge in [0, 0.05) is 17.3 Å². The van der Waals surface area contributed by atoms with Crippen molar-refractivity contribution in [2.75, 3.05) is 5.32 Å². The second kappa shape index (κ2) is 6.12. The second-order valence-corrected chi connectivity index (χ2v) is 3.74. The van der Waals surface area contributed by atoms with E-state index in [4.69, 9.17) is 28.3 Å². The zero-order chi connectivity index (χ0) is 12.8. The Bertz CT molecular complexity index is 475. The normalized spacial score (nSPS) is 10.2. The molecule has 1 aromatic rings. The van der Waals surface area contributed by atoms with Crippen LogP contribution in [-0.4, -0.2) is 17.1 Å². The van der Waals surface area contributed by atoms with Gasteiger partial charge in [0.15, 0.2) is 0 Å². The Labute approximate surface area is 107 Å². The van der Waals surface area contributed by atoms with Gasteiger partial charge in [0.1, 0.15) is 0 Å². The fraction of sp³-hybridized carbons (Fsp3) is 0. The Morgan fingerprint density at radius 2 is 2.00 bits per heavy atom. The van der Waals surface area contributed by atoms with Crippen molar-refractivity contribution in [1.29, 1.82) is 0 Å². The van der Waals surface area contributed by atoms with Crippen LogP contribution in [-0.2, 0) is 4.79 Å². The van der Waals surface area contributed by atoms with Gasteiger partial charge in [-0.05, 0) is 18.2 Å². The van der Waals surface area contributed by atoms with Gasteiger partial charge in [0.2, 0.25) is 0 Å². The zero-order valence-electron chi connectivity index (χ0n) is 8.41. The number of carboxylic acid groups (broad SMARTS) is 1. The number of hydrogen-bond donors (Lipinski definition) is 3. The maximum absolute atomic E-state index is 11.3. The van der Waals surface area contributed by atoms with Crippen molar-refractivity contribution in [2.45, 2.75) is 0 Å². The first-order valence-electron chi connectivity index (χ1n) is 4.41. The molecule has 0 fully saturated rings. The number of carbonyl (C=O) groups is 2. The van der Waals surface area contributed by atoms with Crippen LogP contribution in [0.5, 0.6) is 0 Å². The third-order valence-corrected chi connectivity index (χ3v) is 2.17. The minimum absolute atomic E-state index is 0.287. The number of anilines is 1. The SMILES string of the molecule is O=C(O)/C=C/NC(=O)Nc1ccc(Cl)cc1Cl. The molecule has 5 nitrogen and oxygen atoms in total. The smallest absolute Gasteiger partial charge is 0.329 e. The predicted molar refractivity (Wildman–Crippen MR) is 65.4 cm³/mol. The predicted octanol–water partition coefficient (Wildman–Crippen LogP) is 2.71. The lowest BCUT2D eigenvalue weighted by Gasteiger charge is -2.06. The number of nitrogens with one attached hydrogen (secondary N) is 2. The molecule has 0 saturated heterocycles. The summed E-state index contributed by atoms with van der Waals surface area (Å²) >= 11 is 11.5. The highest BCUT2D eigenvalue weighted by molar-refractivity contribution is 6.36. The van der Waals surface area contributed by atoms with Crippen LogP contribution in [0, 0.1) is 0 Å². The molecule has 2 amide bonds. The van der Waals surface area contributed by atoms with Crippen LogP contribution < -0.4 is 10.6 Å². The molecule has 0 aliphatic rings. The summed E-state index contributed by atoms with van der Waals surface area (Å²) in [6, 6.07) is 3.97. The number of aliphatic carboxylic acids is 1. The number of carboxylic acids is 1. The highest BCUT2D eigenvalue weighted by atomic mass is 35.5. The van der Waals surface area contributed by atoms with Crippen molar-refractivity contribution in [2.24, 2.45) is 0 Å². The number of rotatable bonds is 3. The van der Waals surface area contributed by atoms with Crippen LogP contribution in [0.2, 0.25) is 10.0 Å². The van der Waals surface area contributed by atoms with E-state index in [1.807, 2.05) is 0 Å². The monoisotopic (exact) mass is 274 g/mol. The second-order valence-electron chi connectivity index (χ2n) is 2.89. The molecule has 0 aromatic heterocycles. The van der Waals surface area contributed by atoms with Gasteiger partial charge in [-0.3, -0.25) is 0 Å². The molecule has 1 aromatic carbocycles. The highest BCUT2D eigenvalue weighted by Gasteiger charge is 2.04. The standard InChI is InChI=1S/C10H8Cl2N2O3/c11-6-1-2-8(7(12)5-6)14-10(17)13-4-3-9(15)16/h1-5H,(H,15,16)(H2,13,14,17)/b4-3+. The van der Waals surface area contributed by atoms with Gasteiger partial charge >= 0.3 is 12.0 Å². The number of hydrogen-bond acceptors (Lipinski definition) is 2. The van der Waals surface area contributed by atoms with Gasteiger partial charge in [-0.15, -0.1) is 0 Å². The van der Waals surface area contributed by atoms with Crippen molar-refractivity contribution in [3.8, 4) is 0 Å². The number of urea groups is 1. The van der Waals surface area contributed by atoms with Gasteiger partial charge in [0.05, 0.1) is 10.7 Å². The first kappa shape index (κ1) is 13.3. The quantitative estimate of drug-likeness (QED) is 0.742. The van der Waals surface area contributed by atoms with Gasteiger partial charge in [-0.25, -0.2) is 9.59 Å². The van der Waals surface area contributed by atoms with Crippen LogP contribution in [0.1, 0.15) is 0 Å². The molecule has 0 spiro atoms. The fourth-order valence-electron chi connectivity index (χ4n) is 0.938. The van der Waals surface area contributed by atoms with E-state index in [1.165, 1.54) is 12.1 Å². The van der Waals surface area contributed by atoms with Crippen LogP contribution in [0.25, 0.3) is 0 Å². The van der Waals surface area contributed by atoms with Gasteiger partial charge in [0.25, 0.3) is 0 Å². The first-order chi connectivity index (χ1) is 7.99. The van der Waals surface area contributed by atoms with E-state index in [2.05, 4.69) is 10.6 Å². The molecule has 0 aliphatic carbocycles. The topological polar surface area (TPSA) is 78.4 Å².